The predicted octanol–water partition coefficient (Wildman–Crippen LogP) is 5.74. The number of carbonyl (C=O) groups excluding carboxylic acids is 2. The standard InChI is InChI=1S/C26H32ClN3O4S/c1-2-24(26(32)28-21-9-4-3-5-10-21)29(16-20-8-6-7-11-23(20)27)25(31)18-35-17-19-12-14-22(15-13-19)30(33)34/h6-8,11-15,21,24H,2-5,9-10,16-18H2,1H3,(H,28,32). The Morgan fingerprint density at radius 3 is 2.46 bits per heavy atom. The number of nitrogens with one attached hydrogen (secondary N) is 1. The van der Waals surface area contributed by atoms with Crippen LogP contribution in [0.5, 0.6) is 0 Å². The highest BCUT2D eigenvalue weighted by Gasteiger charge is 2.30. The van der Waals surface area contributed by atoms with Crippen molar-refractivity contribution in [2.24, 2.45) is 0 Å². The largest absolute Gasteiger partial charge is 0.352 e. The van der Waals surface area contributed by atoms with Gasteiger partial charge in [0.05, 0.1) is 10.7 Å². The lowest BCUT2D eigenvalue weighted by molar-refractivity contribution is -0.384. The van der Waals surface area contributed by atoms with Crippen molar-refractivity contribution in [3.05, 3.63) is 74.8 Å². The highest BCUT2D eigenvalue weighted by molar-refractivity contribution is 7.99. The number of non-ortho nitro benzene ring substituents is 1. The molecule has 188 valence electrons. The number of carbonyl (C=O) groups is 2. The lowest BCUT2D eigenvalue weighted by atomic mass is 9.95. The van der Waals surface area contributed by atoms with Crippen LogP contribution in [0.1, 0.15) is 56.6 Å². The fourth-order valence-corrected chi connectivity index (χ4v) is 5.39. The molecular weight excluding hydrogens is 486 g/mol. The van der Waals surface area contributed by atoms with E-state index < -0.39 is 11.0 Å². The van der Waals surface area contributed by atoms with Crippen molar-refractivity contribution in [3.8, 4) is 0 Å². The van der Waals surface area contributed by atoms with E-state index in [1.165, 1.54) is 30.3 Å². The number of benzene rings is 2. The van der Waals surface area contributed by atoms with Crippen LogP contribution in [0.4, 0.5) is 5.69 Å². The molecule has 2 aromatic rings. The Hall–Kier alpha value is -2.58. The second kappa shape index (κ2) is 13.5. The summed E-state index contributed by atoms with van der Waals surface area (Å²) in [6.45, 7) is 2.18. The highest BCUT2D eigenvalue weighted by Crippen LogP contribution is 2.23. The van der Waals surface area contributed by atoms with Gasteiger partial charge in [0.2, 0.25) is 11.8 Å². The summed E-state index contributed by atoms with van der Waals surface area (Å²) in [5.74, 6) is 0.478. The van der Waals surface area contributed by atoms with Gasteiger partial charge in [0, 0.05) is 35.5 Å². The van der Waals surface area contributed by atoms with E-state index in [1.54, 1.807) is 23.1 Å². The van der Waals surface area contributed by atoms with Gasteiger partial charge in [-0.25, -0.2) is 0 Å². The molecule has 1 aliphatic carbocycles. The molecule has 2 aromatic carbocycles. The maximum absolute atomic E-state index is 13.4. The molecule has 1 atom stereocenters. The number of nitrogens with zero attached hydrogens (tertiary/aromatic N) is 2. The van der Waals surface area contributed by atoms with Crippen LogP contribution in [0.25, 0.3) is 0 Å². The van der Waals surface area contributed by atoms with E-state index in [1.807, 2.05) is 25.1 Å². The van der Waals surface area contributed by atoms with Gasteiger partial charge in [-0.2, -0.15) is 0 Å². The number of hydrogen-bond acceptors (Lipinski definition) is 5. The third kappa shape index (κ3) is 7.97. The lowest BCUT2D eigenvalue weighted by Gasteiger charge is -2.33. The normalized spacial score (nSPS) is 14.8. The number of amides is 2. The van der Waals surface area contributed by atoms with Crippen molar-refractivity contribution in [2.75, 3.05) is 5.75 Å². The van der Waals surface area contributed by atoms with Crippen LogP contribution in [0, 0.1) is 10.1 Å². The molecule has 0 spiro atoms. The average molecular weight is 518 g/mol. The molecule has 3 rings (SSSR count). The quantitative estimate of drug-likeness (QED) is 0.303. The van der Waals surface area contributed by atoms with Crippen LogP contribution in [0.3, 0.4) is 0 Å². The maximum atomic E-state index is 13.4. The van der Waals surface area contributed by atoms with Crippen LogP contribution < -0.4 is 5.32 Å². The van der Waals surface area contributed by atoms with Gasteiger partial charge in [-0.05, 0) is 36.5 Å². The lowest BCUT2D eigenvalue weighted by Crippen LogP contribution is -2.52. The van der Waals surface area contributed by atoms with Crippen LogP contribution >= 0.6 is 23.4 Å². The maximum Gasteiger partial charge on any atom is 0.269 e. The monoisotopic (exact) mass is 517 g/mol. The second-order valence-corrected chi connectivity index (χ2v) is 10.2. The van der Waals surface area contributed by atoms with E-state index in [-0.39, 0.29) is 35.8 Å². The van der Waals surface area contributed by atoms with Crippen molar-refractivity contribution in [2.45, 2.75) is 69.8 Å². The number of nitro groups is 1. The van der Waals surface area contributed by atoms with Crippen LogP contribution in [0.15, 0.2) is 48.5 Å². The van der Waals surface area contributed by atoms with Crippen molar-refractivity contribution in [1.29, 1.82) is 0 Å². The second-order valence-electron chi connectivity index (χ2n) is 8.80. The molecule has 7 nitrogen and oxygen atoms in total. The van der Waals surface area contributed by atoms with E-state index >= 15 is 0 Å². The summed E-state index contributed by atoms with van der Waals surface area (Å²) in [5.41, 5.74) is 1.73. The van der Waals surface area contributed by atoms with Crippen LogP contribution in [-0.4, -0.2) is 39.5 Å². The van der Waals surface area contributed by atoms with E-state index in [2.05, 4.69) is 5.32 Å². The molecule has 1 fully saturated rings. The van der Waals surface area contributed by atoms with Crippen LogP contribution in [-0.2, 0) is 21.9 Å². The minimum atomic E-state index is -0.583. The molecular formula is C26H32ClN3O4S. The topological polar surface area (TPSA) is 92.6 Å². The third-order valence-corrected chi connectivity index (χ3v) is 7.63. The Labute approximate surface area is 215 Å². The molecule has 1 aliphatic rings. The first-order valence-corrected chi connectivity index (χ1v) is 13.6. The number of hydrogen-bond donors (Lipinski definition) is 1. The van der Waals surface area contributed by atoms with Crippen molar-refractivity contribution in [3.63, 3.8) is 0 Å². The first kappa shape index (κ1) is 27.0. The Balaban J connectivity index is 1.69. The molecule has 0 heterocycles. The zero-order valence-electron chi connectivity index (χ0n) is 20.0. The first-order valence-electron chi connectivity index (χ1n) is 12.0. The molecule has 2 amide bonds. The summed E-state index contributed by atoms with van der Waals surface area (Å²) in [6, 6.07) is 13.3. The Morgan fingerprint density at radius 2 is 1.83 bits per heavy atom. The zero-order chi connectivity index (χ0) is 25.2. The van der Waals surface area contributed by atoms with Gasteiger partial charge < -0.3 is 10.2 Å². The molecule has 0 radical (unpaired) electrons. The molecule has 0 bridgehead atoms. The van der Waals surface area contributed by atoms with Gasteiger partial charge in [0.15, 0.2) is 0 Å². The molecule has 1 saturated carbocycles. The summed E-state index contributed by atoms with van der Waals surface area (Å²) in [4.78, 5) is 38.7. The van der Waals surface area contributed by atoms with Gasteiger partial charge in [-0.15, -0.1) is 11.8 Å². The fraction of sp³-hybridized carbons (Fsp3) is 0.462. The Bertz CT molecular complexity index is 1010. The van der Waals surface area contributed by atoms with E-state index in [0.717, 1.165) is 36.8 Å². The summed E-state index contributed by atoms with van der Waals surface area (Å²) < 4.78 is 0. The third-order valence-electron chi connectivity index (χ3n) is 6.28. The molecule has 35 heavy (non-hydrogen) atoms. The Kier molecular flexibility index (Phi) is 10.4. The summed E-state index contributed by atoms with van der Waals surface area (Å²) >= 11 is 7.81. The van der Waals surface area contributed by atoms with Gasteiger partial charge in [0.25, 0.3) is 5.69 Å². The number of halogens is 1. The van der Waals surface area contributed by atoms with Gasteiger partial charge in [-0.3, -0.25) is 19.7 Å². The van der Waals surface area contributed by atoms with E-state index in [0.29, 0.717) is 17.2 Å². The minimum Gasteiger partial charge on any atom is -0.352 e. The van der Waals surface area contributed by atoms with Gasteiger partial charge >= 0.3 is 0 Å². The van der Waals surface area contributed by atoms with Crippen molar-refractivity contribution >= 4 is 40.9 Å². The predicted molar refractivity (Wildman–Crippen MR) is 140 cm³/mol. The summed E-state index contributed by atoms with van der Waals surface area (Å²) in [7, 11) is 0. The molecule has 0 aliphatic heterocycles. The van der Waals surface area contributed by atoms with Crippen molar-refractivity contribution in [1.82, 2.24) is 10.2 Å². The molecule has 0 saturated heterocycles. The number of nitro benzene ring substituents is 1. The molecule has 1 N–H and O–H groups in total. The van der Waals surface area contributed by atoms with Crippen molar-refractivity contribution < 1.29 is 14.5 Å². The van der Waals surface area contributed by atoms with E-state index in [4.69, 9.17) is 11.6 Å². The highest BCUT2D eigenvalue weighted by atomic mass is 35.5. The number of rotatable bonds is 11. The average Bonchev–Trinajstić information content (AvgIpc) is 2.86. The smallest absolute Gasteiger partial charge is 0.269 e. The SMILES string of the molecule is CCC(C(=O)NC1CCCCC1)N(Cc1ccccc1Cl)C(=O)CSCc1ccc([N+](=O)[O-])cc1. The van der Waals surface area contributed by atoms with Gasteiger partial charge in [0.1, 0.15) is 6.04 Å². The molecule has 0 aromatic heterocycles. The summed E-state index contributed by atoms with van der Waals surface area (Å²) in [6.07, 6.45) is 5.89. The summed E-state index contributed by atoms with van der Waals surface area (Å²) in [5, 5.41) is 14.6. The fourth-order valence-electron chi connectivity index (χ4n) is 4.33. The minimum absolute atomic E-state index is 0.0375. The first-order chi connectivity index (χ1) is 16.9. The Morgan fingerprint density at radius 1 is 1.14 bits per heavy atom. The zero-order valence-corrected chi connectivity index (χ0v) is 21.5. The van der Waals surface area contributed by atoms with Gasteiger partial charge in [-0.1, -0.05) is 68.1 Å². The molecule has 1 unspecified atom stereocenters. The van der Waals surface area contributed by atoms with E-state index in [9.17, 15) is 19.7 Å². The molecule has 9 heteroatoms. The van der Waals surface area contributed by atoms with Crippen LogP contribution in [0.2, 0.25) is 5.02 Å². The number of thioether (sulfide) groups is 1.